The van der Waals surface area contributed by atoms with Crippen LogP contribution in [0, 0.1) is 18.6 Å². The van der Waals surface area contributed by atoms with Gasteiger partial charge in [0, 0.05) is 38.3 Å². The molecule has 0 saturated carbocycles. The molecule has 23 heavy (non-hydrogen) atoms. The lowest BCUT2D eigenvalue weighted by Gasteiger charge is -2.35. The van der Waals surface area contributed by atoms with E-state index in [0.717, 1.165) is 13.1 Å². The van der Waals surface area contributed by atoms with Crippen molar-refractivity contribution in [1.82, 2.24) is 14.9 Å². The third kappa shape index (κ3) is 3.50. The molecule has 0 spiro atoms. The van der Waals surface area contributed by atoms with Gasteiger partial charge in [0.2, 0.25) is 0 Å². The molecule has 1 aromatic carbocycles. The number of aromatic nitrogens is 2. The van der Waals surface area contributed by atoms with E-state index in [9.17, 15) is 8.78 Å². The van der Waals surface area contributed by atoms with Crippen molar-refractivity contribution >= 4 is 21.7 Å². The van der Waals surface area contributed by atoms with Crippen molar-refractivity contribution in [3.8, 4) is 0 Å². The summed E-state index contributed by atoms with van der Waals surface area (Å²) in [4.78, 5) is 12.0. The molecule has 1 aromatic heterocycles. The Morgan fingerprint density at radius 3 is 2.57 bits per heavy atom. The molecule has 1 saturated heterocycles. The van der Waals surface area contributed by atoms with E-state index in [1.807, 2.05) is 11.0 Å². The van der Waals surface area contributed by atoms with Crippen LogP contribution in [0.2, 0.25) is 0 Å². The highest BCUT2D eigenvalue weighted by molar-refractivity contribution is 9.10. The topological polar surface area (TPSA) is 32.3 Å². The summed E-state index contributed by atoms with van der Waals surface area (Å²) in [6, 6.07) is 5.31. The Morgan fingerprint density at radius 1 is 1.09 bits per heavy atom. The SMILES string of the molecule is Cc1ncnc(N2CCN(Cc3cccc(Br)c3F)CC2)c1F. The summed E-state index contributed by atoms with van der Waals surface area (Å²) in [5.41, 5.74) is 1.02. The Hall–Kier alpha value is -1.60. The first-order valence-corrected chi connectivity index (χ1v) is 8.23. The van der Waals surface area contributed by atoms with Crippen LogP contribution in [-0.2, 0) is 6.54 Å². The molecule has 122 valence electrons. The number of halogens is 3. The molecular weight excluding hydrogens is 366 g/mol. The summed E-state index contributed by atoms with van der Waals surface area (Å²) in [5.74, 6) is -0.225. The molecule has 2 heterocycles. The average Bonchev–Trinajstić information content (AvgIpc) is 2.55. The molecule has 0 amide bonds. The van der Waals surface area contributed by atoms with Gasteiger partial charge in [-0.2, -0.15) is 0 Å². The highest BCUT2D eigenvalue weighted by Crippen LogP contribution is 2.22. The van der Waals surface area contributed by atoms with Gasteiger partial charge in [0.1, 0.15) is 12.1 Å². The fourth-order valence-electron chi connectivity index (χ4n) is 2.70. The maximum absolute atomic E-state index is 14.1. The second-order valence-corrected chi connectivity index (χ2v) is 6.43. The van der Waals surface area contributed by atoms with Crippen molar-refractivity contribution in [2.75, 3.05) is 31.1 Å². The summed E-state index contributed by atoms with van der Waals surface area (Å²) in [7, 11) is 0. The highest BCUT2D eigenvalue weighted by Gasteiger charge is 2.22. The van der Waals surface area contributed by atoms with Crippen LogP contribution in [0.3, 0.4) is 0 Å². The summed E-state index contributed by atoms with van der Waals surface area (Å²) < 4.78 is 28.6. The molecule has 3 rings (SSSR count). The first-order valence-electron chi connectivity index (χ1n) is 7.43. The van der Waals surface area contributed by atoms with Crippen molar-refractivity contribution in [2.45, 2.75) is 13.5 Å². The molecule has 0 unspecified atom stereocenters. The van der Waals surface area contributed by atoms with Gasteiger partial charge in [-0.25, -0.2) is 18.7 Å². The summed E-state index contributed by atoms with van der Waals surface area (Å²) in [5, 5.41) is 0. The van der Waals surface area contributed by atoms with E-state index >= 15 is 0 Å². The Bertz CT molecular complexity index is 702. The average molecular weight is 383 g/mol. The molecule has 4 nitrogen and oxygen atoms in total. The van der Waals surface area contributed by atoms with E-state index in [2.05, 4.69) is 30.8 Å². The lowest BCUT2D eigenvalue weighted by molar-refractivity contribution is 0.245. The van der Waals surface area contributed by atoms with Crippen LogP contribution < -0.4 is 4.90 Å². The highest BCUT2D eigenvalue weighted by atomic mass is 79.9. The van der Waals surface area contributed by atoms with Gasteiger partial charge in [-0.1, -0.05) is 12.1 Å². The number of piperazine rings is 1. The van der Waals surface area contributed by atoms with Crippen LogP contribution in [0.4, 0.5) is 14.6 Å². The Balaban J connectivity index is 1.64. The second-order valence-electron chi connectivity index (χ2n) is 5.57. The fourth-order valence-corrected chi connectivity index (χ4v) is 3.10. The van der Waals surface area contributed by atoms with Crippen molar-refractivity contribution in [2.24, 2.45) is 0 Å². The standard InChI is InChI=1S/C16H17BrF2N4/c1-11-14(18)16(21-10-20-11)23-7-5-22(6-8-23)9-12-3-2-4-13(17)15(12)19/h2-4,10H,5-9H2,1H3. The number of hydrogen-bond donors (Lipinski definition) is 0. The van der Waals surface area contributed by atoms with E-state index in [-0.39, 0.29) is 11.6 Å². The van der Waals surface area contributed by atoms with Gasteiger partial charge in [0.15, 0.2) is 11.6 Å². The third-order valence-corrected chi connectivity index (χ3v) is 4.66. The zero-order chi connectivity index (χ0) is 16.4. The van der Waals surface area contributed by atoms with E-state index in [4.69, 9.17) is 0 Å². The number of rotatable bonds is 3. The lowest BCUT2D eigenvalue weighted by atomic mass is 10.2. The van der Waals surface area contributed by atoms with E-state index < -0.39 is 0 Å². The van der Waals surface area contributed by atoms with Gasteiger partial charge in [-0.15, -0.1) is 0 Å². The van der Waals surface area contributed by atoms with Gasteiger partial charge in [0.25, 0.3) is 0 Å². The van der Waals surface area contributed by atoms with Gasteiger partial charge < -0.3 is 4.90 Å². The smallest absolute Gasteiger partial charge is 0.186 e. The lowest BCUT2D eigenvalue weighted by Crippen LogP contribution is -2.46. The molecule has 0 aliphatic carbocycles. The number of benzene rings is 1. The first kappa shape index (κ1) is 16.3. The van der Waals surface area contributed by atoms with Gasteiger partial charge in [-0.3, -0.25) is 4.90 Å². The van der Waals surface area contributed by atoms with Crippen LogP contribution in [-0.4, -0.2) is 41.0 Å². The molecule has 0 atom stereocenters. The van der Waals surface area contributed by atoms with Crippen LogP contribution in [0.1, 0.15) is 11.3 Å². The predicted octanol–water partition coefficient (Wildman–Crippen LogP) is 3.15. The minimum absolute atomic E-state index is 0.215. The number of anilines is 1. The zero-order valence-electron chi connectivity index (χ0n) is 12.8. The predicted molar refractivity (Wildman–Crippen MR) is 88.3 cm³/mol. The van der Waals surface area contributed by atoms with Crippen LogP contribution in [0.15, 0.2) is 29.0 Å². The number of nitrogens with zero attached hydrogens (tertiary/aromatic N) is 4. The first-order chi connectivity index (χ1) is 11.1. The molecular formula is C16H17BrF2N4. The summed E-state index contributed by atoms with van der Waals surface area (Å²) >= 11 is 3.21. The Morgan fingerprint density at radius 2 is 1.83 bits per heavy atom. The number of hydrogen-bond acceptors (Lipinski definition) is 4. The largest absolute Gasteiger partial charge is 0.352 e. The molecule has 0 bridgehead atoms. The maximum atomic E-state index is 14.1. The van der Waals surface area contributed by atoms with E-state index in [1.54, 1.807) is 19.1 Å². The van der Waals surface area contributed by atoms with Crippen LogP contribution in [0.5, 0.6) is 0 Å². The van der Waals surface area contributed by atoms with E-state index in [1.165, 1.54) is 6.33 Å². The molecule has 0 radical (unpaired) electrons. The zero-order valence-corrected chi connectivity index (χ0v) is 14.4. The summed E-state index contributed by atoms with van der Waals surface area (Å²) in [6.45, 7) is 4.95. The van der Waals surface area contributed by atoms with E-state index in [0.29, 0.717) is 41.2 Å². The second kappa shape index (κ2) is 6.88. The minimum atomic E-state index is -0.362. The quantitative estimate of drug-likeness (QED) is 0.815. The molecule has 7 heteroatoms. The Kier molecular flexibility index (Phi) is 4.87. The van der Waals surface area contributed by atoms with Crippen molar-refractivity contribution in [3.05, 3.63) is 51.9 Å². The summed E-state index contributed by atoms with van der Waals surface area (Å²) in [6.07, 6.45) is 1.39. The molecule has 0 N–H and O–H groups in total. The molecule has 2 aromatic rings. The van der Waals surface area contributed by atoms with Crippen LogP contribution >= 0.6 is 15.9 Å². The van der Waals surface area contributed by atoms with Crippen molar-refractivity contribution < 1.29 is 8.78 Å². The molecule has 1 aliphatic heterocycles. The molecule has 1 aliphatic rings. The monoisotopic (exact) mass is 382 g/mol. The minimum Gasteiger partial charge on any atom is -0.352 e. The van der Waals surface area contributed by atoms with Gasteiger partial charge in [0.05, 0.1) is 10.2 Å². The normalized spacial score (nSPS) is 15.9. The Labute approximate surface area is 142 Å². The van der Waals surface area contributed by atoms with Crippen molar-refractivity contribution in [1.29, 1.82) is 0 Å². The number of aryl methyl sites for hydroxylation is 1. The van der Waals surface area contributed by atoms with Crippen molar-refractivity contribution in [3.63, 3.8) is 0 Å². The van der Waals surface area contributed by atoms with Gasteiger partial charge in [-0.05, 0) is 28.9 Å². The fraction of sp³-hybridized carbons (Fsp3) is 0.375. The third-order valence-electron chi connectivity index (χ3n) is 4.04. The molecule has 1 fully saturated rings. The van der Waals surface area contributed by atoms with Crippen LogP contribution in [0.25, 0.3) is 0 Å². The maximum Gasteiger partial charge on any atom is 0.186 e. The van der Waals surface area contributed by atoms with Gasteiger partial charge >= 0.3 is 0 Å².